The second kappa shape index (κ2) is 9.04. The minimum absolute atomic E-state index is 0.0466. The van der Waals surface area contributed by atoms with Gasteiger partial charge in [0.15, 0.2) is 5.11 Å². The van der Waals surface area contributed by atoms with Crippen molar-refractivity contribution in [3.05, 3.63) is 76.0 Å². The van der Waals surface area contributed by atoms with Crippen molar-refractivity contribution in [1.82, 2.24) is 19.4 Å². The molecule has 9 nitrogen and oxygen atoms in total. The van der Waals surface area contributed by atoms with Gasteiger partial charge in [-0.15, -0.1) is 0 Å². The highest BCUT2D eigenvalue weighted by Crippen LogP contribution is 2.35. The monoisotopic (exact) mass is 510 g/mol. The molecular weight excluding hydrogens is 484 g/mol. The molecule has 182 valence electrons. The smallest absolute Gasteiger partial charge is 0.264 e. The lowest BCUT2D eigenvalue weighted by Crippen LogP contribution is -2.50. The Labute approximate surface area is 209 Å². The van der Waals surface area contributed by atoms with E-state index >= 15 is 0 Å². The average Bonchev–Trinajstić information content (AvgIpc) is 2.79. The number of benzene rings is 1. The van der Waals surface area contributed by atoms with E-state index in [1.807, 2.05) is 16.7 Å². The minimum atomic E-state index is -3.83. The second-order valence-electron chi connectivity index (χ2n) is 9.14. The molecule has 1 aromatic carbocycles. The van der Waals surface area contributed by atoms with Crippen molar-refractivity contribution >= 4 is 39.0 Å². The lowest BCUT2D eigenvalue weighted by Gasteiger charge is -2.43. The Balaban J connectivity index is 1.26. The molecule has 3 aromatic rings. The van der Waals surface area contributed by atoms with Gasteiger partial charge >= 0.3 is 0 Å². The summed E-state index contributed by atoms with van der Waals surface area (Å²) in [6.45, 7) is 5.77. The Bertz CT molecular complexity index is 1430. The van der Waals surface area contributed by atoms with Crippen molar-refractivity contribution in [1.29, 1.82) is 0 Å². The van der Waals surface area contributed by atoms with E-state index in [1.165, 1.54) is 12.1 Å². The third-order valence-electron chi connectivity index (χ3n) is 6.39. The van der Waals surface area contributed by atoms with E-state index in [1.54, 1.807) is 38.1 Å². The van der Waals surface area contributed by atoms with Crippen molar-refractivity contribution in [3.63, 3.8) is 0 Å². The number of aryl methyl sites for hydroxylation is 2. The number of likely N-dealkylation sites (tertiary alicyclic amines) is 1. The number of hydrogen-bond donors (Lipinski definition) is 2. The maximum atomic E-state index is 12.8. The largest absolute Gasteiger partial charge is 0.348 e. The number of rotatable bonds is 4. The predicted octanol–water partition coefficient (Wildman–Crippen LogP) is 2.87. The van der Waals surface area contributed by atoms with Crippen molar-refractivity contribution in [2.24, 2.45) is 5.92 Å². The predicted molar refractivity (Wildman–Crippen MR) is 138 cm³/mol. The van der Waals surface area contributed by atoms with Gasteiger partial charge in [-0.1, -0.05) is 6.07 Å². The first-order chi connectivity index (χ1) is 16.7. The van der Waals surface area contributed by atoms with Crippen molar-refractivity contribution in [3.8, 4) is 0 Å². The van der Waals surface area contributed by atoms with Crippen LogP contribution in [-0.2, 0) is 16.6 Å². The van der Waals surface area contributed by atoms with Gasteiger partial charge in [-0.3, -0.25) is 4.79 Å². The number of anilines is 2. The fourth-order valence-corrected chi connectivity index (χ4v) is 6.14. The zero-order valence-corrected chi connectivity index (χ0v) is 21.1. The molecule has 2 N–H and O–H groups in total. The van der Waals surface area contributed by atoms with Gasteiger partial charge in [0.25, 0.3) is 15.6 Å². The molecule has 1 saturated heterocycles. The first-order valence-corrected chi connectivity index (χ1v) is 13.3. The van der Waals surface area contributed by atoms with Gasteiger partial charge < -0.3 is 14.8 Å². The number of sulfonamides is 1. The normalized spacial score (nSPS) is 19.1. The van der Waals surface area contributed by atoms with Gasteiger partial charge in [0.1, 0.15) is 0 Å². The third kappa shape index (κ3) is 4.92. The molecule has 0 aliphatic carbocycles. The molecule has 0 radical (unpaired) electrons. The van der Waals surface area contributed by atoms with Gasteiger partial charge in [0, 0.05) is 54.4 Å². The van der Waals surface area contributed by atoms with Crippen LogP contribution in [0.5, 0.6) is 0 Å². The van der Waals surface area contributed by atoms with Gasteiger partial charge in [-0.2, -0.15) is 0 Å². The molecule has 5 rings (SSSR count). The lowest BCUT2D eigenvalue weighted by atomic mass is 9.83. The Morgan fingerprint density at radius 3 is 2.46 bits per heavy atom. The molecule has 2 atom stereocenters. The zero-order valence-electron chi connectivity index (χ0n) is 19.4. The van der Waals surface area contributed by atoms with Crippen LogP contribution in [0.15, 0.2) is 58.2 Å². The van der Waals surface area contributed by atoms with Gasteiger partial charge in [-0.25, -0.2) is 23.1 Å². The molecule has 0 unspecified atom stereocenters. The topological polar surface area (TPSA) is 109 Å². The lowest BCUT2D eigenvalue weighted by molar-refractivity contribution is 0.180. The van der Waals surface area contributed by atoms with Crippen LogP contribution in [0.4, 0.5) is 11.6 Å². The van der Waals surface area contributed by atoms with E-state index in [2.05, 4.69) is 24.9 Å². The van der Waals surface area contributed by atoms with E-state index in [9.17, 15) is 13.2 Å². The number of nitrogens with zero attached hydrogens (tertiary/aromatic N) is 4. The van der Waals surface area contributed by atoms with Gasteiger partial charge in [-0.05, 0) is 74.8 Å². The van der Waals surface area contributed by atoms with Crippen LogP contribution in [-0.4, -0.2) is 46.1 Å². The van der Waals surface area contributed by atoms with Crippen molar-refractivity contribution < 1.29 is 8.42 Å². The van der Waals surface area contributed by atoms with E-state index < -0.39 is 10.0 Å². The molecule has 2 bridgehead atoms. The highest BCUT2D eigenvalue weighted by Gasteiger charge is 2.35. The highest BCUT2D eigenvalue weighted by atomic mass is 32.2. The molecule has 2 aliphatic rings. The summed E-state index contributed by atoms with van der Waals surface area (Å²) in [5.41, 5.74) is 3.18. The molecule has 0 spiro atoms. The Kier molecular flexibility index (Phi) is 6.06. The summed E-state index contributed by atoms with van der Waals surface area (Å²) >= 11 is 5.67. The maximum Gasteiger partial charge on any atom is 0.264 e. The van der Waals surface area contributed by atoms with E-state index in [0.717, 1.165) is 25.2 Å². The van der Waals surface area contributed by atoms with Gasteiger partial charge in [0.2, 0.25) is 5.95 Å². The standard InChI is InChI=1S/C24H26N6O3S2/c1-15-10-16(2)26-23(25-15)28-35(32,33)20-8-6-19(7-9-20)27-24(34)29-12-17-11-18(14-29)21-4-3-5-22(31)30(21)13-17/h3-10,17-18H,11-14H2,1-2H3,(H,27,34)(H,25,26,28)/t17-,18+/m1/s1. The molecule has 0 amide bonds. The summed E-state index contributed by atoms with van der Waals surface area (Å²) < 4.78 is 29.9. The summed E-state index contributed by atoms with van der Waals surface area (Å²) in [5.74, 6) is 0.653. The van der Waals surface area contributed by atoms with Crippen LogP contribution in [0.2, 0.25) is 0 Å². The number of aromatic nitrogens is 3. The van der Waals surface area contributed by atoms with Crippen LogP contribution in [0.25, 0.3) is 0 Å². The fraction of sp³-hybridized carbons (Fsp3) is 0.333. The van der Waals surface area contributed by atoms with Gasteiger partial charge in [0.05, 0.1) is 4.90 Å². The molecule has 11 heteroatoms. The van der Waals surface area contributed by atoms with Crippen molar-refractivity contribution in [2.75, 3.05) is 23.1 Å². The number of fused-ring (bicyclic) bond motifs is 4. The number of hydrogen-bond acceptors (Lipinski definition) is 6. The summed E-state index contributed by atoms with van der Waals surface area (Å²) in [7, 11) is -3.83. The highest BCUT2D eigenvalue weighted by molar-refractivity contribution is 7.92. The first-order valence-electron chi connectivity index (χ1n) is 11.4. The Hall–Kier alpha value is -3.31. The molecular formula is C24H26N6O3S2. The number of piperidine rings is 1. The molecule has 1 fully saturated rings. The molecule has 0 saturated carbocycles. The van der Waals surface area contributed by atoms with Crippen LogP contribution in [0.3, 0.4) is 0 Å². The fourth-order valence-electron chi connectivity index (χ4n) is 4.93. The molecule has 4 heterocycles. The molecule has 2 aliphatic heterocycles. The second-order valence-corrected chi connectivity index (χ2v) is 11.2. The quantitative estimate of drug-likeness (QED) is 0.516. The van der Waals surface area contributed by atoms with Crippen LogP contribution >= 0.6 is 12.2 Å². The average molecular weight is 511 g/mol. The number of pyridine rings is 1. The molecule has 35 heavy (non-hydrogen) atoms. The van der Waals surface area contributed by atoms with Crippen molar-refractivity contribution in [2.45, 2.75) is 37.6 Å². The summed E-state index contributed by atoms with van der Waals surface area (Å²) in [6, 6.07) is 13.6. The SMILES string of the molecule is Cc1cc(C)nc(NS(=O)(=O)c2ccc(NC(=S)N3C[C@H]4C[C@@H](C3)c3cccc(=O)n3C4)cc2)n1. The Morgan fingerprint density at radius 2 is 1.74 bits per heavy atom. The van der Waals surface area contributed by atoms with E-state index in [0.29, 0.717) is 34.7 Å². The number of thiocarbonyl (C=S) groups is 1. The van der Waals surface area contributed by atoms with Crippen LogP contribution in [0.1, 0.15) is 29.4 Å². The van der Waals surface area contributed by atoms with Crippen LogP contribution in [0, 0.1) is 19.8 Å². The zero-order chi connectivity index (χ0) is 24.7. The summed E-state index contributed by atoms with van der Waals surface area (Å²) in [4.78, 5) is 22.8. The third-order valence-corrected chi connectivity index (χ3v) is 8.10. The first kappa shape index (κ1) is 23.4. The summed E-state index contributed by atoms with van der Waals surface area (Å²) in [6.07, 6.45) is 1.05. The van der Waals surface area contributed by atoms with E-state index in [4.69, 9.17) is 12.2 Å². The van der Waals surface area contributed by atoms with E-state index in [-0.39, 0.29) is 22.3 Å². The van der Waals surface area contributed by atoms with Crippen LogP contribution < -0.4 is 15.6 Å². The molecule has 2 aromatic heterocycles. The minimum Gasteiger partial charge on any atom is -0.348 e. The Morgan fingerprint density at radius 1 is 1.03 bits per heavy atom. The number of nitrogens with one attached hydrogen (secondary N) is 2. The summed E-state index contributed by atoms with van der Waals surface area (Å²) in [5, 5.41) is 3.82. The maximum absolute atomic E-state index is 12.8.